The van der Waals surface area contributed by atoms with Crippen molar-refractivity contribution in [3.8, 4) is 17.2 Å². The SMILES string of the molecule is COc1ccccc1-c1nnc(C(=O)NCc2ccccc2C)o1. The highest BCUT2D eigenvalue weighted by molar-refractivity contribution is 5.89. The second-order valence-electron chi connectivity index (χ2n) is 5.22. The van der Waals surface area contributed by atoms with E-state index in [1.807, 2.05) is 43.3 Å². The maximum Gasteiger partial charge on any atom is 0.309 e. The molecule has 0 bridgehead atoms. The fourth-order valence-electron chi connectivity index (χ4n) is 2.30. The van der Waals surface area contributed by atoms with Crippen LogP contribution in [0.2, 0.25) is 0 Å². The number of nitrogens with one attached hydrogen (secondary N) is 1. The molecule has 24 heavy (non-hydrogen) atoms. The summed E-state index contributed by atoms with van der Waals surface area (Å²) in [5.74, 6) is 0.359. The molecule has 1 heterocycles. The molecule has 1 N–H and O–H groups in total. The quantitative estimate of drug-likeness (QED) is 0.781. The second-order valence-corrected chi connectivity index (χ2v) is 5.22. The standard InChI is InChI=1S/C18H17N3O3/c1-12-7-3-4-8-13(12)11-19-16(22)18-21-20-17(24-18)14-9-5-6-10-15(14)23-2/h3-10H,11H2,1-2H3,(H,19,22). The number of hydrogen-bond acceptors (Lipinski definition) is 5. The Hall–Kier alpha value is -3.15. The average Bonchev–Trinajstić information content (AvgIpc) is 3.11. The highest BCUT2D eigenvalue weighted by Gasteiger charge is 2.17. The molecule has 2 aromatic carbocycles. The Balaban J connectivity index is 1.73. The predicted molar refractivity (Wildman–Crippen MR) is 88.6 cm³/mol. The highest BCUT2D eigenvalue weighted by Crippen LogP contribution is 2.28. The Morgan fingerprint density at radius 1 is 1.12 bits per heavy atom. The van der Waals surface area contributed by atoms with Crippen molar-refractivity contribution in [2.45, 2.75) is 13.5 Å². The zero-order valence-corrected chi connectivity index (χ0v) is 13.4. The first-order chi connectivity index (χ1) is 11.7. The van der Waals surface area contributed by atoms with Gasteiger partial charge in [-0.05, 0) is 30.2 Å². The summed E-state index contributed by atoms with van der Waals surface area (Å²) in [6.07, 6.45) is 0. The first-order valence-corrected chi connectivity index (χ1v) is 7.48. The van der Waals surface area contributed by atoms with Gasteiger partial charge in [-0.25, -0.2) is 0 Å². The summed E-state index contributed by atoms with van der Waals surface area (Å²) in [4.78, 5) is 12.2. The largest absolute Gasteiger partial charge is 0.496 e. The highest BCUT2D eigenvalue weighted by atomic mass is 16.5. The second kappa shape index (κ2) is 6.95. The van der Waals surface area contributed by atoms with Crippen LogP contribution in [-0.2, 0) is 6.54 Å². The van der Waals surface area contributed by atoms with Crippen molar-refractivity contribution in [2.75, 3.05) is 7.11 Å². The molecule has 0 spiro atoms. The Morgan fingerprint density at radius 3 is 2.67 bits per heavy atom. The maximum absolute atomic E-state index is 12.2. The molecule has 6 heteroatoms. The molecule has 122 valence electrons. The first-order valence-electron chi connectivity index (χ1n) is 7.48. The lowest BCUT2D eigenvalue weighted by atomic mass is 10.1. The lowest BCUT2D eigenvalue weighted by molar-refractivity contribution is 0.0916. The number of carbonyl (C=O) groups is 1. The third-order valence-corrected chi connectivity index (χ3v) is 3.66. The number of methoxy groups -OCH3 is 1. The van der Waals surface area contributed by atoms with Crippen LogP contribution in [0.3, 0.4) is 0 Å². The van der Waals surface area contributed by atoms with Gasteiger partial charge >= 0.3 is 11.8 Å². The fraction of sp³-hybridized carbons (Fsp3) is 0.167. The summed E-state index contributed by atoms with van der Waals surface area (Å²) in [6.45, 7) is 2.39. The molecule has 0 atom stereocenters. The number of aryl methyl sites for hydroxylation is 1. The van der Waals surface area contributed by atoms with Crippen molar-refractivity contribution < 1.29 is 13.9 Å². The van der Waals surface area contributed by atoms with Crippen molar-refractivity contribution in [1.29, 1.82) is 0 Å². The molecular formula is C18H17N3O3. The van der Waals surface area contributed by atoms with E-state index < -0.39 is 5.91 Å². The topological polar surface area (TPSA) is 77.2 Å². The summed E-state index contributed by atoms with van der Waals surface area (Å²) < 4.78 is 10.7. The molecule has 0 aliphatic carbocycles. The number of rotatable bonds is 5. The van der Waals surface area contributed by atoms with E-state index in [9.17, 15) is 4.79 Å². The third-order valence-electron chi connectivity index (χ3n) is 3.66. The Labute approximate surface area is 139 Å². The van der Waals surface area contributed by atoms with Gasteiger partial charge < -0.3 is 14.5 Å². The molecule has 0 saturated carbocycles. The summed E-state index contributed by atoms with van der Waals surface area (Å²) in [7, 11) is 1.56. The fourth-order valence-corrected chi connectivity index (χ4v) is 2.30. The van der Waals surface area contributed by atoms with E-state index in [-0.39, 0.29) is 11.8 Å². The van der Waals surface area contributed by atoms with Crippen LogP contribution in [0.15, 0.2) is 52.9 Å². The van der Waals surface area contributed by atoms with Crippen LogP contribution in [0.5, 0.6) is 5.75 Å². The number of para-hydroxylation sites is 1. The zero-order chi connectivity index (χ0) is 16.9. The molecule has 0 unspecified atom stereocenters. The van der Waals surface area contributed by atoms with Gasteiger partial charge in [0.15, 0.2) is 0 Å². The lowest BCUT2D eigenvalue weighted by Crippen LogP contribution is -2.23. The molecule has 0 aliphatic heterocycles. The normalized spacial score (nSPS) is 10.4. The Kier molecular flexibility index (Phi) is 4.56. The number of benzene rings is 2. The smallest absolute Gasteiger partial charge is 0.309 e. The summed E-state index contributed by atoms with van der Waals surface area (Å²) in [5.41, 5.74) is 2.79. The van der Waals surface area contributed by atoms with Gasteiger partial charge in [-0.2, -0.15) is 0 Å². The lowest BCUT2D eigenvalue weighted by Gasteiger charge is -2.05. The number of amides is 1. The van der Waals surface area contributed by atoms with Gasteiger partial charge in [-0.15, -0.1) is 10.2 Å². The molecule has 0 radical (unpaired) electrons. The van der Waals surface area contributed by atoms with Crippen molar-refractivity contribution in [2.24, 2.45) is 0 Å². The summed E-state index contributed by atoms with van der Waals surface area (Å²) in [6, 6.07) is 15.1. The van der Waals surface area contributed by atoms with Gasteiger partial charge in [0.1, 0.15) is 5.75 Å². The van der Waals surface area contributed by atoms with E-state index in [4.69, 9.17) is 9.15 Å². The maximum atomic E-state index is 12.2. The minimum Gasteiger partial charge on any atom is -0.496 e. The van der Waals surface area contributed by atoms with Gasteiger partial charge in [0.2, 0.25) is 0 Å². The van der Waals surface area contributed by atoms with Crippen LogP contribution in [0.4, 0.5) is 0 Å². The molecule has 1 amide bonds. The van der Waals surface area contributed by atoms with Crippen molar-refractivity contribution in [3.63, 3.8) is 0 Å². The van der Waals surface area contributed by atoms with Crippen LogP contribution in [0, 0.1) is 6.92 Å². The average molecular weight is 323 g/mol. The number of nitrogens with zero attached hydrogens (tertiary/aromatic N) is 2. The summed E-state index contributed by atoms with van der Waals surface area (Å²) >= 11 is 0. The van der Waals surface area contributed by atoms with Gasteiger partial charge in [-0.1, -0.05) is 36.4 Å². The Morgan fingerprint density at radius 2 is 1.88 bits per heavy atom. The number of ether oxygens (including phenoxy) is 1. The molecule has 3 rings (SSSR count). The van der Waals surface area contributed by atoms with Crippen LogP contribution in [0.1, 0.15) is 21.8 Å². The van der Waals surface area contributed by atoms with E-state index in [1.54, 1.807) is 19.2 Å². The van der Waals surface area contributed by atoms with E-state index in [1.165, 1.54) is 0 Å². The third kappa shape index (κ3) is 3.27. The zero-order valence-electron chi connectivity index (χ0n) is 13.4. The Bertz CT molecular complexity index is 858. The van der Waals surface area contributed by atoms with E-state index >= 15 is 0 Å². The number of aromatic nitrogens is 2. The minimum absolute atomic E-state index is 0.0792. The molecule has 0 fully saturated rings. The minimum atomic E-state index is -0.410. The van der Waals surface area contributed by atoms with E-state index in [2.05, 4.69) is 15.5 Å². The van der Waals surface area contributed by atoms with Crippen LogP contribution in [0.25, 0.3) is 11.5 Å². The monoisotopic (exact) mass is 323 g/mol. The van der Waals surface area contributed by atoms with Crippen molar-refractivity contribution in [3.05, 3.63) is 65.5 Å². The first kappa shape index (κ1) is 15.7. The van der Waals surface area contributed by atoms with Gasteiger partial charge in [0.25, 0.3) is 5.89 Å². The molecule has 0 saturated heterocycles. The predicted octanol–water partition coefficient (Wildman–Crippen LogP) is 2.98. The summed E-state index contributed by atoms with van der Waals surface area (Å²) in [5, 5.41) is 10.5. The van der Waals surface area contributed by atoms with E-state index in [0.29, 0.717) is 17.9 Å². The molecule has 1 aromatic heterocycles. The van der Waals surface area contributed by atoms with Crippen molar-refractivity contribution >= 4 is 5.91 Å². The molecule has 6 nitrogen and oxygen atoms in total. The van der Waals surface area contributed by atoms with Gasteiger partial charge in [0.05, 0.1) is 12.7 Å². The molecule has 0 aliphatic rings. The number of carbonyl (C=O) groups excluding carboxylic acids is 1. The van der Waals surface area contributed by atoms with Crippen LogP contribution in [-0.4, -0.2) is 23.2 Å². The molecule has 3 aromatic rings. The van der Waals surface area contributed by atoms with Gasteiger partial charge in [0, 0.05) is 6.54 Å². The van der Waals surface area contributed by atoms with Crippen LogP contribution < -0.4 is 10.1 Å². The van der Waals surface area contributed by atoms with Crippen molar-refractivity contribution in [1.82, 2.24) is 15.5 Å². The van der Waals surface area contributed by atoms with Crippen LogP contribution >= 0.6 is 0 Å². The van der Waals surface area contributed by atoms with Gasteiger partial charge in [-0.3, -0.25) is 4.79 Å². The number of hydrogen-bond donors (Lipinski definition) is 1. The van der Waals surface area contributed by atoms with E-state index in [0.717, 1.165) is 11.1 Å². The molecular weight excluding hydrogens is 306 g/mol.